The van der Waals surface area contributed by atoms with Crippen molar-refractivity contribution >= 4 is 35.1 Å². The maximum absolute atomic E-state index is 13.3. The average Bonchev–Trinajstić information content (AvgIpc) is 2.65. The van der Waals surface area contributed by atoms with Gasteiger partial charge in [0.2, 0.25) is 5.91 Å². The highest BCUT2D eigenvalue weighted by Gasteiger charge is 2.43. The van der Waals surface area contributed by atoms with Crippen LogP contribution in [0.4, 0.5) is 0 Å². The molecule has 4 nitrogen and oxygen atoms in total. The number of carbonyl (C=O) groups excluding carboxylic acids is 1. The highest BCUT2D eigenvalue weighted by atomic mass is 35.5. The first kappa shape index (κ1) is 21.7. The van der Waals surface area contributed by atoms with Crippen LogP contribution in [0.25, 0.3) is 0 Å². The Balaban J connectivity index is 2.11. The number of benzene rings is 2. The summed E-state index contributed by atoms with van der Waals surface area (Å²) in [7, 11) is 0. The molecule has 1 aliphatic rings. The number of halogens is 2. The summed E-state index contributed by atoms with van der Waals surface area (Å²) in [6.45, 7) is 4.67. The van der Waals surface area contributed by atoms with Crippen LogP contribution in [0.5, 0.6) is 0 Å². The highest BCUT2D eigenvalue weighted by molar-refractivity contribution is 6.30. The molecule has 1 saturated heterocycles. The Kier molecular flexibility index (Phi) is 6.86. The minimum atomic E-state index is -0.956. The van der Waals surface area contributed by atoms with Gasteiger partial charge in [0.25, 0.3) is 0 Å². The van der Waals surface area contributed by atoms with Crippen molar-refractivity contribution in [1.82, 2.24) is 4.90 Å². The molecule has 154 valence electrons. The fraction of sp³-hybridized carbons (Fsp3) is 0.391. The van der Waals surface area contributed by atoms with E-state index in [2.05, 4.69) is 13.8 Å². The number of hydrogen-bond acceptors (Lipinski definition) is 2. The average molecular weight is 434 g/mol. The van der Waals surface area contributed by atoms with Gasteiger partial charge in [-0.3, -0.25) is 9.59 Å². The van der Waals surface area contributed by atoms with Gasteiger partial charge < -0.3 is 10.0 Å². The van der Waals surface area contributed by atoms with Crippen LogP contribution in [0.3, 0.4) is 0 Å². The minimum absolute atomic E-state index is 0.0596. The second kappa shape index (κ2) is 9.19. The summed E-state index contributed by atoms with van der Waals surface area (Å²) >= 11 is 12.3. The number of amides is 1. The zero-order chi connectivity index (χ0) is 21.1. The third kappa shape index (κ3) is 5.12. The molecular weight excluding hydrogens is 409 g/mol. The summed E-state index contributed by atoms with van der Waals surface area (Å²) in [5.74, 6) is -1.42. The molecule has 29 heavy (non-hydrogen) atoms. The van der Waals surface area contributed by atoms with E-state index >= 15 is 0 Å². The maximum atomic E-state index is 13.3. The summed E-state index contributed by atoms with van der Waals surface area (Å²) in [5.41, 5.74) is 2.00. The molecule has 1 amide bonds. The first-order chi connectivity index (χ1) is 13.8. The Morgan fingerprint density at radius 1 is 1.10 bits per heavy atom. The molecule has 1 fully saturated rings. The van der Waals surface area contributed by atoms with E-state index in [-0.39, 0.29) is 30.2 Å². The summed E-state index contributed by atoms with van der Waals surface area (Å²) in [6, 6.07) is 15.0. The molecule has 0 aromatic heterocycles. The number of carboxylic acid groups (broad SMARTS) is 1. The highest BCUT2D eigenvalue weighted by Crippen LogP contribution is 2.46. The van der Waals surface area contributed by atoms with Gasteiger partial charge in [0.1, 0.15) is 0 Å². The number of rotatable bonds is 6. The van der Waals surface area contributed by atoms with Crippen molar-refractivity contribution in [3.63, 3.8) is 0 Å². The van der Waals surface area contributed by atoms with Crippen LogP contribution in [0.2, 0.25) is 10.0 Å². The topological polar surface area (TPSA) is 57.6 Å². The maximum Gasteiger partial charge on any atom is 0.304 e. The Hall–Kier alpha value is -2.04. The van der Waals surface area contributed by atoms with Gasteiger partial charge in [-0.25, -0.2) is 0 Å². The molecule has 1 aliphatic heterocycles. The van der Waals surface area contributed by atoms with E-state index in [0.29, 0.717) is 23.0 Å². The van der Waals surface area contributed by atoms with Crippen molar-refractivity contribution in [1.29, 1.82) is 0 Å². The van der Waals surface area contributed by atoms with Gasteiger partial charge >= 0.3 is 5.97 Å². The van der Waals surface area contributed by atoms with Gasteiger partial charge in [-0.15, -0.1) is 0 Å². The SMILES string of the molecule is CC(C)CN1C(=O)[C@H](CC(=O)O)C[C@H](c2cccc(Cl)c2)C1c1ccc(Cl)cc1. The van der Waals surface area contributed by atoms with E-state index < -0.39 is 11.9 Å². The summed E-state index contributed by atoms with van der Waals surface area (Å²) in [5, 5.41) is 10.6. The number of carbonyl (C=O) groups is 2. The normalized spacial score (nSPS) is 22.2. The minimum Gasteiger partial charge on any atom is -0.481 e. The first-order valence-corrected chi connectivity index (χ1v) is 10.5. The van der Waals surface area contributed by atoms with E-state index in [1.54, 1.807) is 0 Å². The molecule has 0 aliphatic carbocycles. The third-order valence-corrected chi connectivity index (χ3v) is 5.85. The van der Waals surface area contributed by atoms with Gasteiger partial charge in [-0.2, -0.15) is 0 Å². The van der Waals surface area contributed by atoms with Crippen LogP contribution < -0.4 is 0 Å². The van der Waals surface area contributed by atoms with Gasteiger partial charge in [0, 0.05) is 28.4 Å². The number of piperidine rings is 1. The van der Waals surface area contributed by atoms with Crippen LogP contribution in [0.15, 0.2) is 48.5 Å². The molecule has 1 heterocycles. The number of nitrogens with zero attached hydrogens (tertiary/aromatic N) is 1. The van der Waals surface area contributed by atoms with E-state index in [9.17, 15) is 14.7 Å². The van der Waals surface area contributed by atoms with Gasteiger partial charge in [0.15, 0.2) is 0 Å². The fourth-order valence-electron chi connectivity index (χ4n) is 4.23. The second-order valence-corrected chi connectivity index (χ2v) is 8.95. The van der Waals surface area contributed by atoms with Crippen LogP contribution in [0.1, 0.15) is 49.8 Å². The predicted octanol–water partition coefficient (Wildman–Crippen LogP) is 5.80. The van der Waals surface area contributed by atoms with Crippen molar-refractivity contribution in [3.05, 3.63) is 69.7 Å². The molecule has 2 aromatic rings. The smallest absolute Gasteiger partial charge is 0.304 e. The molecule has 3 atom stereocenters. The fourth-order valence-corrected chi connectivity index (χ4v) is 4.56. The molecule has 2 aromatic carbocycles. The molecule has 0 bridgehead atoms. The quantitative estimate of drug-likeness (QED) is 0.626. The van der Waals surface area contributed by atoms with Crippen LogP contribution in [0, 0.1) is 11.8 Å². The monoisotopic (exact) mass is 433 g/mol. The predicted molar refractivity (Wildman–Crippen MR) is 115 cm³/mol. The summed E-state index contributed by atoms with van der Waals surface area (Å²) in [6.07, 6.45) is 0.297. The van der Waals surface area contributed by atoms with Crippen molar-refractivity contribution < 1.29 is 14.7 Å². The lowest BCUT2D eigenvalue weighted by atomic mass is 9.74. The molecule has 3 rings (SSSR count). The molecule has 0 spiro atoms. The first-order valence-electron chi connectivity index (χ1n) is 9.79. The Bertz CT molecular complexity index is 882. The van der Waals surface area contributed by atoms with Crippen molar-refractivity contribution in [3.8, 4) is 0 Å². The number of hydrogen-bond donors (Lipinski definition) is 1. The molecule has 0 saturated carbocycles. The number of aliphatic carboxylic acids is 1. The largest absolute Gasteiger partial charge is 0.481 e. The van der Waals surface area contributed by atoms with Gasteiger partial charge in [-0.1, -0.05) is 61.3 Å². The molecule has 1 N–H and O–H groups in total. The lowest BCUT2D eigenvalue weighted by molar-refractivity contribution is -0.150. The lowest BCUT2D eigenvalue weighted by Crippen LogP contribution is -2.48. The molecular formula is C23H25Cl2NO3. The van der Waals surface area contributed by atoms with Crippen molar-refractivity contribution in [2.24, 2.45) is 11.8 Å². The van der Waals surface area contributed by atoms with E-state index in [1.807, 2.05) is 53.4 Å². The zero-order valence-electron chi connectivity index (χ0n) is 16.5. The van der Waals surface area contributed by atoms with Gasteiger partial charge in [0.05, 0.1) is 12.5 Å². The van der Waals surface area contributed by atoms with Crippen molar-refractivity contribution in [2.75, 3.05) is 6.54 Å². The van der Waals surface area contributed by atoms with Gasteiger partial charge in [-0.05, 0) is 47.7 Å². The summed E-state index contributed by atoms with van der Waals surface area (Å²) in [4.78, 5) is 26.6. The van der Waals surface area contributed by atoms with E-state index in [0.717, 1.165) is 11.1 Å². The third-order valence-electron chi connectivity index (χ3n) is 5.36. The Labute approximate surface area is 181 Å². The van der Waals surface area contributed by atoms with Crippen molar-refractivity contribution in [2.45, 2.75) is 38.6 Å². The molecule has 6 heteroatoms. The van der Waals surface area contributed by atoms with E-state index in [1.165, 1.54) is 0 Å². The number of likely N-dealkylation sites (tertiary alicyclic amines) is 1. The van der Waals surface area contributed by atoms with Crippen LogP contribution in [-0.2, 0) is 9.59 Å². The number of carboxylic acids is 1. The Morgan fingerprint density at radius 3 is 2.38 bits per heavy atom. The van der Waals surface area contributed by atoms with E-state index in [4.69, 9.17) is 23.2 Å². The standard InChI is InChI=1S/C23H25Cl2NO3/c1-14(2)13-26-22(15-6-8-18(24)9-7-15)20(16-4-3-5-19(25)10-16)11-17(23(26)29)12-21(27)28/h3-10,14,17,20,22H,11-13H2,1-2H3,(H,27,28)/t17-,20+,22?/m0/s1. The molecule has 0 radical (unpaired) electrons. The Morgan fingerprint density at radius 2 is 1.79 bits per heavy atom. The zero-order valence-corrected chi connectivity index (χ0v) is 18.0. The van der Waals surface area contributed by atoms with Crippen LogP contribution in [-0.4, -0.2) is 28.4 Å². The second-order valence-electron chi connectivity index (χ2n) is 8.07. The summed E-state index contributed by atoms with van der Waals surface area (Å²) < 4.78 is 0. The lowest BCUT2D eigenvalue weighted by Gasteiger charge is -2.45. The van der Waals surface area contributed by atoms with Crippen LogP contribution >= 0.6 is 23.2 Å². The molecule has 1 unspecified atom stereocenters.